The first-order chi connectivity index (χ1) is 16.5. The number of halogens is 1. The third kappa shape index (κ3) is 3.99. The molecule has 0 saturated carbocycles. The van der Waals surface area contributed by atoms with Gasteiger partial charge in [-0.05, 0) is 43.2 Å². The molecule has 0 radical (unpaired) electrons. The number of hydrogen-bond donors (Lipinski definition) is 1. The van der Waals surface area contributed by atoms with E-state index in [0.717, 1.165) is 5.56 Å². The van der Waals surface area contributed by atoms with Gasteiger partial charge in [-0.1, -0.05) is 29.8 Å². The molecule has 1 N–H and O–H groups in total. The number of hydrogen-bond acceptors (Lipinski definition) is 7. The van der Waals surface area contributed by atoms with Crippen molar-refractivity contribution in [2.75, 3.05) is 14.2 Å². The minimum absolute atomic E-state index is 0.00868. The average Bonchev–Trinajstić information content (AvgIpc) is 3.45. The van der Waals surface area contributed by atoms with E-state index in [-0.39, 0.29) is 18.0 Å². The maximum absolute atomic E-state index is 13.3. The molecule has 0 aliphatic carbocycles. The largest absolute Gasteiger partial charge is 0.493 e. The van der Waals surface area contributed by atoms with Gasteiger partial charge < -0.3 is 23.8 Å². The first-order valence-corrected chi connectivity index (χ1v) is 11.3. The number of nitrogens with one attached hydrogen (secondary N) is 1. The second-order valence-corrected chi connectivity index (χ2v) is 8.66. The number of hydrazine groups is 1. The third-order valence-corrected chi connectivity index (χ3v) is 6.45. The van der Waals surface area contributed by atoms with Gasteiger partial charge in [-0.25, -0.2) is 10.4 Å². The number of benzene rings is 2. The predicted molar refractivity (Wildman–Crippen MR) is 127 cm³/mol. The maximum Gasteiger partial charge on any atom is 0.251 e. The SMILES string of the molecule is COc1cccc(-c2nc(CN3C=CN4NC(c5ccc(Cl)cc5)CC4C3=O)c(C)o2)c1OC. The Kier molecular flexibility index (Phi) is 5.93. The van der Waals surface area contributed by atoms with E-state index >= 15 is 0 Å². The maximum atomic E-state index is 13.3. The highest BCUT2D eigenvalue weighted by Crippen LogP contribution is 2.38. The summed E-state index contributed by atoms with van der Waals surface area (Å²) in [4.78, 5) is 19.7. The Hall–Kier alpha value is -3.49. The van der Waals surface area contributed by atoms with Crippen molar-refractivity contribution in [1.29, 1.82) is 0 Å². The van der Waals surface area contributed by atoms with Gasteiger partial charge in [0.1, 0.15) is 17.5 Å². The van der Waals surface area contributed by atoms with Crippen LogP contribution in [0.3, 0.4) is 0 Å². The molecule has 0 spiro atoms. The number of nitrogens with zero attached hydrogens (tertiary/aromatic N) is 3. The third-order valence-electron chi connectivity index (χ3n) is 6.19. The molecular formula is C25H25ClN4O4. The van der Waals surface area contributed by atoms with Gasteiger partial charge in [-0.15, -0.1) is 0 Å². The summed E-state index contributed by atoms with van der Waals surface area (Å²) in [5.74, 6) is 2.22. The van der Waals surface area contributed by atoms with Crippen molar-refractivity contribution in [3.63, 3.8) is 0 Å². The van der Waals surface area contributed by atoms with E-state index in [4.69, 9.17) is 25.5 Å². The van der Waals surface area contributed by atoms with Crippen LogP contribution in [-0.4, -0.2) is 41.1 Å². The minimum atomic E-state index is -0.296. The lowest BCUT2D eigenvalue weighted by Gasteiger charge is -2.31. The van der Waals surface area contributed by atoms with Gasteiger partial charge in [-0.3, -0.25) is 4.79 Å². The molecule has 8 nitrogen and oxygen atoms in total. The van der Waals surface area contributed by atoms with E-state index in [1.807, 2.05) is 60.6 Å². The highest BCUT2D eigenvalue weighted by molar-refractivity contribution is 6.30. The first kappa shape index (κ1) is 22.3. The summed E-state index contributed by atoms with van der Waals surface area (Å²) in [6, 6.07) is 13.0. The van der Waals surface area contributed by atoms with Crippen LogP contribution in [0.2, 0.25) is 5.02 Å². The molecule has 3 heterocycles. The smallest absolute Gasteiger partial charge is 0.251 e. The van der Waals surface area contributed by atoms with Crippen molar-refractivity contribution >= 4 is 17.5 Å². The quantitative estimate of drug-likeness (QED) is 0.558. The van der Waals surface area contributed by atoms with Crippen LogP contribution >= 0.6 is 11.6 Å². The summed E-state index contributed by atoms with van der Waals surface area (Å²) in [6.07, 6.45) is 4.32. The average molecular weight is 481 g/mol. The molecule has 2 aliphatic rings. The number of para-hydroxylation sites is 1. The molecule has 176 valence electrons. The summed E-state index contributed by atoms with van der Waals surface area (Å²) < 4.78 is 16.9. The second kappa shape index (κ2) is 9.04. The molecule has 2 aliphatic heterocycles. The van der Waals surface area contributed by atoms with Crippen molar-refractivity contribution in [1.82, 2.24) is 20.3 Å². The van der Waals surface area contributed by atoms with Crippen LogP contribution < -0.4 is 14.9 Å². The van der Waals surface area contributed by atoms with E-state index in [2.05, 4.69) is 10.4 Å². The van der Waals surface area contributed by atoms with Gasteiger partial charge in [0.25, 0.3) is 5.91 Å². The highest BCUT2D eigenvalue weighted by atomic mass is 35.5. The number of carbonyl (C=O) groups is 1. The highest BCUT2D eigenvalue weighted by Gasteiger charge is 2.40. The molecule has 0 bridgehead atoms. The zero-order valence-electron chi connectivity index (χ0n) is 19.1. The molecule has 9 heteroatoms. The number of aromatic nitrogens is 1. The minimum Gasteiger partial charge on any atom is -0.493 e. The Morgan fingerprint density at radius 1 is 1.15 bits per heavy atom. The molecule has 1 amide bonds. The monoisotopic (exact) mass is 480 g/mol. The molecule has 2 aromatic carbocycles. The van der Waals surface area contributed by atoms with Crippen LogP contribution in [-0.2, 0) is 11.3 Å². The summed E-state index contributed by atoms with van der Waals surface area (Å²) in [5.41, 5.74) is 5.87. The number of amides is 1. The van der Waals surface area contributed by atoms with Crippen molar-refractivity contribution < 1.29 is 18.7 Å². The zero-order valence-corrected chi connectivity index (χ0v) is 19.9. The number of oxazole rings is 1. The van der Waals surface area contributed by atoms with Gasteiger partial charge in [0.05, 0.1) is 32.4 Å². The number of aryl methyl sites for hydroxylation is 1. The lowest BCUT2D eigenvalue weighted by Crippen LogP contribution is -2.47. The van der Waals surface area contributed by atoms with Crippen LogP contribution in [0.1, 0.15) is 29.5 Å². The van der Waals surface area contributed by atoms with E-state index in [1.54, 1.807) is 25.3 Å². The first-order valence-electron chi connectivity index (χ1n) is 10.9. The van der Waals surface area contributed by atoms with Crippen LogP contribution in [0.15, 0.2) is 59.3 Å². The number of ether oxygens (including phenoxy) is 2. The van der Waals surface area contributed by atoms with Gasteiger partial charge in [0.15, 0.2) is 11.5 Å². The Labute approximate surface area is 202 Å². The van der Waals surface area contributed by atoms with Crippen LogP contribution in [0.5, 0.6) is 11.5 Å². The van der Waals surface area contributed by atoms with Crippen LogP contribution in [0, 0.1) is 6.92 Å². The molecule has 2 atom stereocenters. The Morgan fingerprint density at radius 3 is 2.68 bits per heavy atom. The van der Waals surface area contributed by atoms with Gasteiger partial charge >= 0.3 is 0 Å². The van der Waals surface area contributed by atoms with E-state index in [0.29, 0.717) is 52.4 Å². The number of carbonyl (C=O) groups excluding carboxylic acids is 1. The van der Waals surface area contributed by atoms with E-state index in [1.165, 1.54) is 0 Å². The summed E-state index contributed by atoms with van der Waals surface area (Å²) in [6.45, 7) is 2.16. The van der Waals surface area contributed by atoms with Crippen LogP contribution in [0.4, 0.5) is 0 Å². The molecular weight excluding hydrogens is 456 g/mol. The predicted octanol–water partition coefficient (Wildman–Crippen LogP) is 4.45. The summed E-state index contributed by atoms with van der Waals surface area (Å²) >= 11 is 6.02. The lowest BCUT2D eigenvalue weighted by atomic mass is 10.0. The standard InChI is InChI=1S/C25H25ClN4O4/c1-15-20(27-24(34-15)18-5-4-6-22(32-2)23(18)33-3)14-29-11-12-30-21(25(29)31)13-19(28-30)16-7-9-17(26)10-8-16/h4-12,19,21,28H,13-14H2,1-3H3. The molecule has 3 aromatic rings. The molecule has 5 rings (SSSR count). The zero-order chi connectivity index (χ0) is 23.8. The van der Waals surface area contributed by atoms with Gasteiger partial charge in [0.2, 0.25) is 5.89 Å². The Morgan fingerprint density at radius 2 is 1.94 bits per heavy atom. The summed E-state index contributed by atoms with van der Waals surface area (Å²) in [7, 11) is 3.16. The van der Waals surface area contributed by atoms with Gasteiger partial charge in [-0.2, -0.15) is 0 Å². The fraction of sp³-hybridized carbons (Fsp3) is 0.280. The molecule has 2 unspecified atom stereocenters. The lowest BCUT2D eigenvalue weighted by molar-refractivity contribution is -0.135. The summed E-state index contributed by atoms with van der Waals surface area (Å²) in [5, 5.41) is 2.57. The molecule has 1 saturated heterocycles. The normalized spacial score (nSPS) is 19.5. The van der Waals surface area contributed by atoms with Crippen molar-refractivity contribution in [3.8, 4) is 23.0 Å². The topological polar surface area (TPSA) is 80.1 Å². The molecule has 1 fully saturated rings. The van der Waals surface area contributed by atoms with Gasteiger partial charge in [0, 0.05) is 17.4 Å². The number of methoxy groups -OCH3 is 2. The van der Waals surface area contributed by atoms with Crippen molar-refractivity contribution in [2.45, 2.75) is 32.0 Å². The Balaban J connectivity index is 1.34. The van der Waals surface area contributed by atoms with Crippen molar-refractivity contribution in [3.05, 3.63) is 76.9 Å². The number of rotatable bonds is 6. The Bertz CT molecular complexity index is 1240. The van der Waals surface area contributed by atoms with E-state index in [9.17, 15) is 4.79 Å². The van der Waals surface area contributed by atoms with Crippen molar-refractivity contribution in [2.24, 2.45) is 0 Å². The number of fused-ring (bicyclic) bond motifs is 1. The second-order valence-electron chi connectivity index (χ2n) is 8.22. The van der Waals surface area contributed by atoms with Crippen LogP contribution in [0.25, 0.3) is 11.5 Å². The molecule has 34 heavy (non-hydrogen) atoms. The fourth-order valence-electron chi connectivity index (χ4n) is 4.39. The molecule has 1 aromatic heterocycles. The fourth-order valence-corrected chi connectivity index (χ4v) is 4.51. The van der Waals surface area contributed by atoms with E-state index < -0.39 is 0 Å².